The third-order valence-electron chi connectivity index (χ3n) is 5.93. The van der Waals surface area contributed by atoms with E-state index >= 15 is 0 Å². The van der Waals surface area contributed by atoms with Crippen molar-refractivity contribution in [1.29, 1.82) is 0 Å². The molecule has 10 heteroatoms. The van der Waals surface area contributed by atoms with Crippen LogP contribution in [0.25, 0.3) is 0 Å². The van der Waals surface area contributed by atoms with Gasteiger partial charge in [0.2, 0.25) is 0 Å². The van der Waals surface area contributed by atoms with E-state index in [1.54, 1.807) is 39.8 Å². The van der Waals surface area contributed by atoms with Gasteiger partial charge in [-0.15, -0.1) is 0 Å². The largest absolute Gasteiger partial charge is 0.464 e. The van der Waals surface area contributed by atoms with Gasteiger partial charge < -0.3 is 28.4 Å². The van der Waals surface area contributed by atoms with Crippen molar-refractivity contribution in [2.24, 2.45) is 0 Å². The minimum atomic E-state index is -0.612. The molecule has 0 radical (unpaired) electrons. The number of benzene rings is 2. The van der Waals surface area contributed by atoms with E-state index in [9.17, 15) is 9.59 Å². The molecule has 2 atom stereocenters. The van der Waals surface area contributed by atoms with Gasteiger partial charge in [0, 0.05) is 16.6 Å². The van der Waals surface area contributed by atoms with Gasteiger partial charge in [0.25, 0.3) is 0 Å². The highest BCUT2D eigenvalue weighted by atomic mass is 35.5. The Labute approximate surface area is 252 Å². The fourth-order valence-electron chi connectivity index (χ4n) is 3.51. The Balaban J connectivity index is 1.96. The lowest BCUT2D eigenvalue weighted by atomic mass is 9.78. The summed E-state index contributed by atoms with van der Waals surface area (Å²) in [6, 6.07) is 11.1. The van der Waals surface area contributed by atoms with Crippen LogP contribution < -0.4 is 9.47 Å². The Morgan fingerprint density at radius 1 is 0.732 bits per heavy atom. The molecule has 0 aliphatic heterocycles. The predicted molar refractivity (Wildman–Crippen MR) is 159 cm³/mol. The predicted octanol–water partition coefficient (Wildman–Crippen LogP) is 7.04. The smallest absolute Gasteiger partial charge is 0.333 e. The molecule has 8 nitrogen and oxygen atoms in total. The number of halogens is 2. The Kier molecular flexibility index (Phi) is 13.2. The molecule has 2 unspecified atom stereocenters. The van der Waals surface area contributed by atoms with E-state index in [2.05, 4.69) is 27.0 Å². The maximum Gasteiger partial charge on any atom is 0.333 e. The van der Waals surface area contributed by atoms with Crippen molar-refractivity contribution >= 4 is 35.1 Å². The summed E-state index contributed by atoms with van der Waals surface area (Å²) in [5, 5.41) is 0.844. The first-order valence-electron chi connectivity index (χ1n) is 13.0. The quantitative estimate of drug-likeness (QED) is 0.0867. The van der Waals surface area contributed by atoms with E-state index < -0.39 is 29.9 Å². The van der Waals surface area contributed by atoms with E-state index in [1.807, 2.05) is 24.3 Å². The number of hydrogen-bond donors (Lipinski definition) is 0. The lowest BCUT2D eigenvalue weighted by Gasteiger charge is -2.28. The van der Waals surface area contributed by atoms with E-state index in [-0.39, 0.29) is 26.4 Å². The van der Waals surface area contributed by atoms with Crippen molar-refractivity contribution in [3.05, 3.63) is 81.9 Å². The molecular formula is C31H38Cl2O8. The zero-order valence-electron chi connectivity index (χ0n) is 24.4. The van der Waals surface area contributed by atoms with Crippen molar-refractivity contribution in [2.45, 2.75) is 59.5 Å². The Bertz CT molecular complexity index is 1150. The van der Waals surface area contributed by atoms with Gasteiger partial charge in [-0.3, -0.25) is 0 Å². The lowest BCUT2D eigenvalue weighted by Crippen LogP contribution is -2.22. The molecule has 2 aromatic carbocycles. The van der Waals surface area contributed by atoms with Crippen LogP contribution in [0.1, 0.15) is 52.7 Å². The van der Waals surface area contributed by atoms with Gasteiger partial charge in [-0.1, -0.05) is 62.3 Å². The van der Waals surface area contributed by atoms with Crippen LogP contribution in [0.3, 0.4) is 0 Å². The molecule has 0 aliphatic carbocycles. The molecule has 0 N–H and O–H groups in total. The van der Waals surface area contributed by atoms with Crippen LogP contribution in [0.15, 0.2) is 60.7 Å². The van der Waals surface area contributed by atoms with Crippen LogP contribution in [0.4, 0.5) is 0 Å². The van der Waals surface area contributed by atoms with Crippen LogP contribution in [0.2, 0.25) is 10.0 Å². The van der Waals surface area contributed by atoms with Crippen molar-refractivity contribution in [2.75, 3.05) is 26.4 Å². The number of hydrogen-bond acceptors (Lipinski definition) is 8. The summed E-state index contributed by atoms with van der Waals surface area (Å²) in [7, 11) is 0. The van der Waals surface area contributed by atoms with Crippen LogP contribution in [-0.2, 0) is 34.0 Å². The van der Waals surface area contributed by atoms with Gasteiger partial charge in [0.05, 0.1) is 23.3 Å². The van der Waals surface area contributed by atoms with Crippen LogP contribution in [0.5, 0.6) is 11.5 Å². The first-order chi connectivity index (χ1) is 19.2. The molecule has 0 aliphatic rings. The standard InChI is InChI=1S/C31H38Cl2O8/c1-19(2)29(34)38-15-13-36-21(5)40-27-11-9-23(17-25(27)32)31(7,8)24-10-12-28(26(33)18-24)41-22(6)37-14-16-39-30(35)20(3)4/h9-12,17-18,21-22H,1,3,13-16H2,2,4-8H3. The number of carbonyl (C=O) groups is 2. The van der Waals surface area contributed by atoms with Gasteiger partial charge in [-0.05, 0) is 63.1 Å². The fraction of sp³-hybridized carbons (Fsp3) is 0.419. The summed E-state index contributed by atoms with van der Waals surface area (Å²) >= 11 is 13.1. The molecule has 0 aromatic heterocycles. The second-order valence-corrected chi connectivity index (χ2v) is 10.7. The number of rotatable bonds is 16. The summed E-state index contributed by atoms with van der Waals surface area (Å²) in [5.74, 6) is -0.0111. The minimum absolute atomic E-state index is 0.0888. The normalized spacial score (nSPS) is 12.7. The number of esters is 2. The second-order valence-electron chi connectivity index (χ2n) is 9.86. The van der Waals surface area contributed by atoms with Gasteiger partial charge in [0.15, 0.2) is 12.6 Å². The summed E-state index contributed by atoms with van der Waals surface area (Å²) in [6.07, 6.45) is -1.22. The molecule has 0 saturated heterocycles. The van der Waals surface area contributed by atoms with Crippen molar-refractivity contribution in [1.82, 2.24) is 0 Å². The fourth-order valence-corrected chi connectivity index (χ4v) is 3.96. The summed E-state index contributed by atoms with van der Waals surface area (Å²) in [6.45, 7) is 18.3. The molecule has 0 amide bonds. The highest BCUT2D eigenvalue weighted by Crippen LogP contribution is 2.39. The molecule has 0 saturated carbocycles. The minimum Gasteiger partial charge on any atom is -0.464 e. The van der Waals surface area contributed by atoms with Crippen molar-refractivity contribution in [3.8, 4) is 11.5 Å². The molecule has 2 aromatic rings. The second kappa shape index (κ2) is 15.8. The maximum absolute atomic E-state index is 11.4. The third kappa shape index (κ3) is 10.7. The molecular weight excluding hydrogens is 571 g/mol. The van der Waals surface area contributed by atoms with Crippen LogP contribution in [0, 0.1) is 0 Å². The zero-order valence-corrected chi connectivity index (χ0v) is 25.9. The summed E-state index contributed by atoms with van der Waals surface area (Å²) in [4.78, 5) is 22.9. The summed E-state index contributed by atoms with van der Waals surface area (Å²) < 4.78 is 32.7. The van der Waals surface area contributed by atoms with Crippen LogP contribution in [-0.4, -0.2) is 50.9 Å². The Morgan fingerprint density at radius 3 is 1.41 bits per heavy atom. The zero-order chi connectivity index (χ0) is 30.7. The number of ether oxygens (including phenoxy) is 6. The monoisotopic (exact) mass is 608 g/mol. The first-order valence-corrected chi connectivity index (χ1v) is 13.8. The molecule has 2 rings (SSSR count). The van der Waals surface area contributed by atoms with E-state index in [4.69, 9.17) is 51.6 Å². The Hall–Kier alpha value is -3.04. The average Bonchev–Trinajstić information content (AvgIpc) is 2.90. The van der Waals surface area contributed by atoms with E-state index in [1.165, 1.54) is 0 Å². The lowest BCUT2D eigenvalue weighted by molar-refractivity contribution is -0.144. The molecule has 0 spiro atoms. The van der Waals surface area contributed by atoms with Gasteiger partial charge in [-0.2, -0.15) is 0 Å². The van der Waals surface area contributed by atoms with Crippen molar-refractivity contribution in [3.63, 3.8) is 0 Å². The molecule has 224 valence electrons. The SMILES string of the molecule is C=C(C)C(=O)OCCOC(C)Oc1ccc(C(C)(C)c2ccc(OC(C)OCCOC(=O)C(=C)C)c(Cl)c2)cc1Cl. The highest BCUT2D eigenvalue weighted by molar-refractivity contribution is 6.32. The topological polar surface area (TPSA) is 89.5 Å². The van der Waals surface area contributed by atoms with E-state index in [0.717, 1.165) is 11.1 Å². The molecule has 0 bridgehead atoms. The molecule has 0 heterocycles. The molecule has 41 heavy (non-hydrogen) atoms. The third-order valence-corrected chi connectivity index (χ3v) is 6.52. The first kappa shape index (κ1) is 34.2. The Morgan fingerprint density at radius 2 is 1.10 bits per heavy atom. The van der Waals surface area contributed by atoms with Crippen molar-refractivity contribution < 1.29 is 38.0 Å². The van der Waals surface area contributed by atoms with Gasteiger partial charge in [0.1, 0.15) is 24.7 Å². The highest BCUT2D eigenvalue weighted by Gasteiger charge is 2.26. The van der Waals surface area contributed by atoms with Gasteiger partial charge in [-0.25, -0.2) is 9.59 Å². The van der Waals surface area contributed by atoms with Gasteiger partial charge >= 0.3 is 11.9 Å². The van der Waals surface area contributed by atoms with E-state index in [0.29, 0.717) is 32.7 Å². The summed E-state index contributed by atoms with van der Waals surface area (Å²) in [5.41, 5.74) is 2.09. The molecule has 0 fully saturated rings. The average molecular weight is 610 g/mol. The van der Waals surface area contributed by atoms with Crippen LogP contribution >= 0.6 is 23.2 Å². The number of carbonyl (C=O) groups excluding carboxylic acids is 2. The maximum atomic E-state index is 11.4.